The van der Waals surface area contributed by atoms with E-state index in [2.05, 4.69) is 31.8 Å². The molecular weight excluding hydrogens is 262 g/mol. The van der Waals surface area contributed by atoms with Crippen molar-refractivity contribution >= 4 is 19.5 Å². The van der Waals surface area contributed by atoms with Crippen LogP contribution in [0.4, 0.5) is 0 Å². The molecule has 0 radical (unpaired) electrons. The number of fused-ring (bicyclic) bond motifs is 2. The van der Waals surface area contributed by atoms with Crippen LogP contribution in [0.5, 0.6) is 5.75 Å². The summed E-state index contributed by atoms with van der Waals surface area (Å²) in [4.78, 5) is 4.79. The summed E-state index contributed by atoms with van der Waals surface area (Å²) in [6.07, 6.45) is 7.32. The average Bonchev–Trinajstić information content (AvgIpc) is 2.98. The molecule has 3 unspecified atom stereocenters. The van der Waals surface area contributed by atoms with Crippen LogP contribution >= 0.6 is 0 Å². The van der Waals surface area contributed by atoms with Crippen LogP contribution in [0, 0.1) is 11.8 Å². The van der Waals surface area contributed by atoms with Crippen LogP contribution in [0.15, 0.2) is 23.2 Å². The summed E-state index contributed by atoms with van der Waals surface area (Å²) in [5, 5.41) is 11.6. The molecule has 0 aromatic heterocycles. The lowest BCUT2D eigenvalue weighted by molar-refractivity contribution is 0.421. The number of nitrogens with zero attached hydrogens (tertiary/aromatic N) is 1. The summed E-state index contributed by atoms with van der Waals surface area (Å²) in [5.41, 5.74) is 0.896. The van der Waals surface area contributed by atoms with Gasteiger partial charge in [0.2, 0.25) is 0 Å². The molecule has 2 nitrogen and oxygen atoms in total. The summed E-state index contributed by atoms with van der Waals surface area (Å²) in [7, 11) is -1.49. The molecule has 1 aromatic carbocycles. The zero-order valence-corrected chi connectivity index (χ0v) is 13.8. The van der Waals surface area contributed by atoms with E-state index in [0.717, 1.165) is 22.6 Å². The third kappa shape index (κ3) is 2.56. The maximum Gasteiger partial charge on any atom is 0.123 e. The average molecular weight is 287 g/mol. The molecule has 0 aliphatic heterocycles. The number of hydrogen-bond acceptors (Lipinski definition) is 2. The summed E-state index contributed by atoms with van der Waals surface area (Å²) in [6, 6.07) is 6.60. The minimum Gasteiger partial charge on any atom is -0.507 e. The van der Waals surface area contributed by atoms with Gasteiger partial charge in [-0.15, -0.1) is 0 Å². The van der Waals surface area contributed by atoms with Crippen LogP contribution in [0.2, 0.25) is 19.6 Å². The molecule has 0 saturated heterocycles. The Bertz CT molecular complexity index is 532. The highest BCUT2D eigenvalue weighted by Gasteiger charge is 2.39. The van der Waals surface area contributed by atoms with Crippen LogP contribution in [0.3, 0.4) is 0 Å². The van der Waals surface area contributed by atoms with Crippen molar-refractivity contribution in [3.8, 4) is 5.75 Å². The fourth-order valence-electron chi connectivity index (χ4n) is 3.84. The molecule has 3 heteroatoms. The van der Waals surface area contributed by atoms with Crippen molar-refractivity contribution in [2.24, 2.45) is 16.8 Å². The molecule has 2 aliphatic rings. The van der Waals surface area contributed by atoms with Crippen molar-refractivity contribution in [3.05, 3.63) is 23.8 Å². The Morgan fingerprint density at radius 2 is 2.00 bits per heavy atom. The predicted octanol–water partition coefficient (Wildman–Crippen LogP) is 3.54. The highest BCUT2D eigenvalue weighted by Crippen LogP contribution is 2.45. The lowest BCUT2D eigenvalue weighted by Crippen LogP contribution is -2.38. The highest BCUT2D eigenvalue weighted by molar-refractivity contribution is 6.89. The smallest absolute Gasteiger partial charge is 0.123 e. The fraction of sp³-hybridized carbons (Fsp3) is 0.588. The predicted molar refractivity (Wildman–Crippen MR) is 87.9 cm³/mol. The van der Waals surface area contributed by atoms with Crippen LogP contribution in [0.1, 0.15) is 31.2 Å². The Morgan fingerprint density at radius 1 is 1.20 bits per heavy atom. The van der Waals surface area contributed by atoms with E-state index in [-0.39, 0.29) is 0 Å². The van der Waals surface area contributed by atoms with Crippen LogP contribution in [-0.2, 0) is 0 Å². The van der Waals surface area contributed by atoms with Crippen molar-refractivity contribution in [1.29, 1.82) is 0 Å². The molecule has 1 N–H and O–H groups in total. The molecule has 108 valence electrons. The second-order valence-electron chi connectivity index (χ2n) is 7.51. The number of phenols is 1. The number of hydrogen-bond donors (Lipinski definition) is 1. The van der Waals surface area contributed by atoms with Crippen LogP contribution in [-0.4, -0.2) is 25.4 Å². The number of phenolic OH excluding ortho intramolecular Hbond substituents is 1. The first kappa shape index (κ1) is 13.9. The van der Waals surface area contributed by atoms with E-state index < -0.39 is 8.07 Å². The Hall–Kier alpha value is -1.09. The molecule has 0 amide bonds. The zero-order chi connectivity index (χ0) is 14.3. The van der Waals surface area contributed by atoms with Gasteiger partial charge in [-0.05, 0) is 42.4 Å². The maximum atomic E-state index is 10.5. The van der Waals surface area contributed by atoms with E-state index in [1.807, 2.05) is 12.3 Å². The quantitative estimate of drug-likeness (QED) is 0.669. The Labute approximate surface area is 123 Å². The minimum atomic E-state index is -1.49. The Morgan fingerprint density at radius 3 is 2.60 bits per heavy atom. The van der Waals surface area contributed by atoms with Crippen molar-refractivity contribution in [2.75, 3.05) is 0 Å². The van der Waals surface area contributed by atoms with E-state index in [0.29, 0.717) is 11.8 Å². The number of aliphatic imine (C=N–C) groups is 1. The van der Waals surface area contributed by atoms with Gasteiger partial charge < -0.3 is 5.11 Å². The third-order valence-corrected chi connectivity index (χ3v) is 7.00. The first-order valence-electron chi connectivity index (χ1n) is 7.81. The normalized spacial score (nSPS) is 29.4. The largest absolute Gasteiger partial charge is 0.507 e. The zero-order valence-electron chi connectivity index (χ0n) is 12.8. The summed E-state index contributed by atoms with van der Waals surface area (Å²) in [5.74, 6) is 2.18. The number of aromatic hydroxyl groups is 1. The monoisotopic (exact) mass is 287 g/mol. The fourth-order valence-corrected chi connectivity index (χ4v) is 5.29. The first-order valence-corrected chi connectivity index (χ1v) is 11.3. The molecule has 2 fully saturated rings. The summed E-state index contributed by atoms with van der Waals surface area (Å²) < 4.78 is 0. The second-order valence-corrected chi connectivity index (χ2v) is 12.6. The molecule has 2 saturated carbocycles. The number of para-hydroxylation sites is 1. The van der Waals surface area contributed by atoms with E-state index in [1.165, 1.54) is 25.7 Å². The highest BCUT2D eigenvalue weighted by atomic mass is 28.3. The second kappa shape index (κ2) is 5.03. The molecule has 0 spiro atoms. The molecule has 2 aliphatic carbocycles. The Balaban J connectivity index is 1.81. The van der Waals surface area contributed by atoms with Gasteiger partial charge in [0.25, 0.3) is 0 Å². The van der Waals surface area contributed by atoms with Gasteiger partial charge in [0.15, 0.2) is 0 Å². The molecule has 3 atom stereocenters. The van der Waals surface area contributed by atoms with E-state index in [9.17, 15) is 5.11 Å². The van der Waals surface area contributed by atoms with Crippen LogP contribution < -0.4 is 5.19 Å². The maximum absolute atomic E-state index is 10.5. The topological polar surface area (TPSA) is 32.6 Å². The summed E-state index contributed by atoms with van der Waals surface area (Å²) in [6.45, 7) is 6.79. The van der Waals surface area contributed by atoms with Crippen molar-refractivity contribution < 1.29 is 5.11 Å². The molecule has 20 heavy (non-hydrogen) atoms. The third-order valence-electron chi connectivity index (χ3n) is 4.98. The van der Waals surface area contributed by atoms with Crippen molar-refractivity contribution in [1.82, 2.24) is 0 Å². The van der Waals surface area contributed by atoms with Gasteiger partial charge in [0.05, 0.1) is 14.1 Å². The number of benzene rings is 1. The van der Waals surface area contributed by atoms with Gasteiger partial charge in [-0.3, -0.25) is 4.99 Å². The first-order chi connectivity index (χ1) is 9.45. The SMILES string of the molecule is C[Si](C)(C)c1cccc(C=NC2CC3CCC2C3)c1O. The molecular formula is C17H25NOSi. The lowest BCUT2D eigenvalue weighted by Gasteiger charge is -2.20. The summed E-state index contributed by atoms with van der Waals surface area (Å²) >= 11 is 0. The molecule has 1 aromatic rings. The lowest BCUT2D eigenvalue weighted by atomic mass is 9.96. The van der Waals surface area contributed by atoms with E-state index in [1.54, 1.807) is 0 Å². The van der Waals surface area contributed by atoms with Crippen LogP contribution in [0.25, 0.3) is 0 Å². The standard InChI is InChI=1S/C17H25NOSi/c1-20(2,3)16-6-4-5-14(17(16)19)11-18-15-10-12-7-8-13(15)9-12/h4-6,11-13,15,19H,7-10H2,1-3H3. The van der Waals surface area contributed by atoms with Gasteiger partial charge in [-0.25, -0.2) is 0 Å². The van der Waals surface area contributed by atoms with Crippen molar-refractivity contribution in [3.63, 3.8) is 0 Å². The number of rotatable bonds is 3. The van der Waals surface area contributed by atoms with Gasteiger partial charge in [-0.1, -0.05) is 38.2 Å². The van der Waals surface area contributed by atoms with Gasteiger partial charge >= 0.3 is 0 Å². The van der Waals surface area contributed by atoms with E-state index >= 15 is 0 Å². The molecule has 3 rings (SSSR count). The van der Waals surface area contributed by atoms with E-state index in [4.69, 9.17) is 4.99 Å². The van der Waals surface area contributed by atoms with Gasteiger partial charge in [-0.2, -0.15) is 0 Å². The van der Waals surface area contributed by atoms with Crippen molar-refractivity contribution in [2.45, 2.75) is 51.4 Å². The Kier molecular flexibility index (Phi) is 3.49. The van der Waals surface area contributed by atoms with Gasteiger partial charge in [0, 0.05) is 11.8 Å². The molecule has 0 heterocycles. The minimum absolute atomic E-state index is 0.457. The van der Waals surface area contributed by atoms with Gasteiger partial charge in [0.1, 0.15) is 5.75 Å². The molecule has 2 bridgehead atoms.